The number of pyridine rings is 1. The van der Waals surface area contributed by atoms with Crippen LogP contribution in [-0.4, -0.2) is 4.98 Å². The van der Waals surface area contributed by atoms with Gasteiger partial charge in [-0.3, -0.25) is 0 Å². The zero-order valence-electron chi connectivity index (χ0n) is 9.22. The molecule has 0 fully saturated rings. The zero-order valence-corrected chi connectivity index (χ0v) is 9.22. The Balaban J connectivity index is 2.15. The van der Waals surface area contributed by atoms with Gasteiger partial charge in [-0.15, -0.1) is 0 Å². The van der Waals surface area contributed by atoms with E-state index in [1.165, 1.54) is 0 Å². The second-order valence-corrected chi connectivity index (χ2v) is 3.59. The quantitative estimate of drug-likeness (QED) is 0.839. The van der Waals surface area contributed by atoms with Crippen molar-refractivity contribution >= 4 is 17.2 Å². The molecule has 1 aromatic carbocycles. The van der Waals surface area contributed by atoms with Crippen LogP contribution in [0, 0.1) is 11.3 Å². The van der Waals surface area contributed by atoms with Crippen molar-refractivity contribution in [2.75, 3.05) is 11.1 Å². The average molecular weight is 224 g/mol. The van der Waals surface area contributed by atoms with Crippen molar-refractivity contribution in [2.24, 2.45) is 0 Å². The summed E-state index contributed by atoms with van der Waals surface area (Å²) in [6, 6.07) is 13.5. The summed E-state index contributed by atoms with van der Waals surface area (Å²) in [5, 5.41) is 11.7. The van der Waals surface area contributed by atoms with Crippen LogP contribution < -0.4 is 11.1 Å². The molecule has 0 unspecified atom stereocenters. The maximum absolute atomic E-state index is 8.57. The number of nitriles is 1. The van der Waals surface area contributed by atoms with Crippen molar-refractivity contribution in [2.45, 2.75) is 6.42 Å². The number of nitrogen functional groups attached to an aromatic ring is 1. The van der Waals surface area contributed by atoms with E-state index in [0.29, 0.717) is 12.2 Å². The molecule has 0 bridgehead atoms. The minimum atomic E-state index is 0.426. The summed E-state index contributed by atoms with van der Waals surface area (Å²) in [5.74, 6) is 0.466. The average Bonchev–Trinajstić information content (AvgIpc) is 2.35. The first-order valence-corrected chi connectivity index (χ1v) is 5.23. The van der Waals surface area contributed by atoms with Crippen LogP contribution in [0.3, 0.4) is 0 Å². The van der Waals surface area contributed by atoms with Gasteiger partial charge in [0, 0.05) is 11.9 Å². The molecule has 0 aliphatic carbocycles. The second-order valence-electron chi connectivity index (χ2n) is 3.59. The van der Waals surface area contributed by atoms with E-state index in [0.717, 1.165) is 16.9 Å². The van der Waals surface area contributed by atoms with E-state index in [1.807, 2.05) is 36.4 Å². The van der Waals surface area contributed by atoms with Gasteiger partial charge in [0.25, 0.3) is 0 Å². The minimum Gasteiger partial charge on any atom is -0.382 e. The number of nitrogens with zero attached hydrogens (tertiary/aromatic N) is 2. The van der Waals surface area contributed by atoms with Crippen LogP contribution in [0.2, 0.25) is 0 Å². The molecule has 2 rings (SSSR count). The number of anilines is 3. The highest BCUT2D eigenvalue weighted by Gasteiger charge is 1.99. The number of aromatic nitrogens is 1. The summed E-state index contributed by atoms with van der Waals surface area (Å²) in [6.45, 7) is 0. The molecule has 0 radical (unpaired) electrons. The normalized spacial score (nSPS) is 9.59. The van der Waals surface area contributed by atoms with E-state index in [2.05, 4.69) is 16.4 Å². The lowest BCUT2D eigenvalue weighted by Crippen LogP contribution is -1.98. The van der Waals surface area contributed by atoms with Gasteiger partial charge in [0.15, 0.2) is 0 Å². The SMILES string of the molecule is N#CCc1ccc(Nc2cccnc2N)cc1. The second kappa shape index (κ2) is 4.99. The number of nitrogens with one attached hydrogen (secondary N) is 1. The molecule has 84 valence electrons. The zero-order chi connectivity index (χ0) is 12.1. The van der Waals surface area contributed by atoms with Gasteiger partial charge in [-0.05, 0) is 29.8 Å². The number of hydrogen-bond donors (Lipinski definition) is 2. The van der Waals surface area contributed by atoms with Gasteiger partial charge < -0.3 is 11.1 Å². The molecule has 0 saturated carbocycles. The highest BCUT2D eigenvalue weighted by Crippen LogP contribution is 2.20. The highest BCUT2D eigenvalue weighted by molar-refractivity contribution is 5.69. The Morgan fingerprint density at radius 1 is 1.24 bits per heavy atom. The number of hydrogen-bond acceptors (Lipinski definition) is 4. The van der Waals surface area contributed by atoms with Crippen molar-refractivity contribution in [1.82, 2.24) is 4.98 Å². The molecular weight excluding hydrogens is 212 g/mol. The van der Waals surface area contributed by atoms with Gasteiger partial charge in [-0.1, -0.05) is 12.1 Å². The Kier molecular flexibility index (Phi) is 3.22. The van der Waals surface area contributed by atoms with E-state index in [9.17, 15) is 0 Å². The van der Waals surface area contributed by atoms with Gasteiger partial charge in [-0.25, -0.2) is 4.98 Å². The summed E-state index contributed by atoms with van der Waals surface area (Å²) in [4.78, 5) is 3.99. The van der Waals surface area contributed by atoms with E-state index < -0.39 is 0 Å². The van der Waals surface area contributed by atoms with Gasteiger partial charge in [0.2, 0.25) is 0 Å². The van der Waals surface area contributed by atoms with Crippen LogP contribution in [0.5, 0.6) is 0 Å². The smallest absolute Gasteiger partial charge is 0.147 e. The molecule has 0 amide bonds. The summed E-state index contributed by atoms with van der Waals surface area (Å²) < 4.78 is 0. The van der Waals surface area contributed by atoms with Crippen molar-refractivity contribution < 1.29 is 0 Å². The van der Waals surface area contributed by atoms with Crippen molar-refractivity contribution in [3.63, 3.8) is 0 Å². The van der Waals surface area contributed by atoms with Gasteiger partial charge in [-0.2, -0.15) is 5.26 Å². The third-order valence-corrected chi connectivity index (χ3v) is 2.35. The lowest BCUT2D eigenvalue weighted by molar-refractivity contribution is 1.26. The van der Waals surface area contributed by atoms with E-state index in [1.54, 1.807) is 6.20 Å². The Hall–Kier alpha value is -2.54. The fourth-order valence-electron chi connectivity index (χ4n) is 1.48. The maximum atomic E-state index is 8.57. The van der Waals surface area contributed by atoms with Crippen LogP contribution >= 0.6 is 0 Å². The molecule has 2 aromatic rings. The highest BCUT2D eigenvalue weighted by atomic mass is 15.0. The van der Waals surface area contributed by atoms with Gasteiger partial charge in [0.05, 0.1) is 18.2 Å². The molecule has 4 nitrogen and oxygen atoms in total. The van der Waals surface area contributed by atoms with Crippen molar-refractivity contribution in [1.29, 1.82) is 5.26 Å². The van der Waals surface area contributed by atoms with Crippen molar-refractivity contribution in [3.05, 3.63) is 48.2 Å². The maximum Gasteiger partial charge on any atom is 0.147 e. The van der Waals surface area contributed by atoms with Crippen LogP contribution in [0.25, 0.3) is 0 Å². The Bertz CT molecular complexity index is 540. The minimum absolute atomic E-state index is 0.426. The molecular formula is C13H12N4. The molecule has 0 spiro atoms. The number of benzene rings is 1. The van der Waals surface area contributed by atoms with Gasteiger partial charge >= 0.3 is 0 Å². The summed E-state index contributed by atoms with van der Waals surface area (Å²) in [7, 11) is 0. The standard InChI is InChI=1S/C13H12N4/c14-8-7-10-3-5-11(6-4-10)17-12-2-1-9-16-13(12)15/h1-6,9,17H,7H2,(H2,15,16). The molecule has 0 aliphatic rings. The molecule has 0 atom stereocenters. The largest absolute Gasteiger partial charge is 0.382 e. The van der Waals surface area contributed by atoms with Crippen LogP contribution in [0.1, 0.15) is 5.56 Å². The number of nitrogens with two attached hydrogens (primary N) is 1. The van der Waals surface area contributed by atoms with Crippen LogP contribution in [0.4, 0.5) is 17.2 Å². The van der Waals surface area contributed by atoms with Crippen molar-refractivity contribution in [3.8, 4) is 6.07 Å². The molecule has 0 aliphatic heterocycles. The first-order valence-electron chi connectivity index (χ1n) is 5.23. The first kappa shape index (κ1) is 11.0. The predicted molar refractivity (Wildman–Crippen MR) is 67.7 cm³/mol. The lowest BCUT2D eigenvalue weighted by atomic mass is 10.1. The summed E-state index contributed by atoms with van der Waals surface area (Å²) in [5.41, 5.74) is 8.43. The molecule has 17 heavy (non-hydrogen) atoms. The van der Waals surface area contributed by atoms with Crippen LogP contribution in [0.15, 0.2) is 42.6 Å². The number of rotatable bonds is 3. The Morgan fingerprint density at radius 3 is 2.65 bits per heavy atom. The molecule has 3 N–H and O–H groups in total. The Labute approximate surface area is 99.7 Å². The summed E-state index contributed by atoms with van der Waals surface area (Å²) in [6.07, 6.45) is 2.08. The van der Waals surface area contributed by atoms with E-state index >= 15 is 0 Å². The monoisotopic (exact) mass is 224 g/mol. The van der Waals surface area contributed by atoms with E-state index in [-0.39, 0.29) is 0 Å². The third kappa shape index (κ3) is 2.73. The Morgan fingerprint density at radius 2 is 2.00 bits per heavy atom. The topological polar surface area (TPSA) is 74.7 Å². The third-order valence-electron chi connectivity index (χ3n) is 2.35. The first-order chi connectivity index (χ1) is 8.29. The van der Waals surface area contributed by atoms with Crippen LogP contribution in [-0.2, 0) is 6.42 Å². The molecule has 4 heteroatoms. The van der Waals surface area contributed by atoms with Gasteiger partial charge in [0.1, 0.15) is 5.82 Å². The van der Waals surface area contributed by atoms with E-state index in [4.69, 9.17) is 11.0 Å². The summed E-state index contributed by atoms with van der Waals surface area (Å²) >= 11 is 0. The fourth-order valence-corrected chi connectivity index (χ4v) is 1.48. The molecule has 1 aromatic heterocycles. The molecule has 1 heterocycles. The lowest BCUT2D eigenvalue weighted by Gasteiger charge is -2.08. The molecule has 0 saturated heterocycles. The fraction of sp³-hybridized carbons (Fsp3) is 0.0769. The predicted octanol–water partition coefficient (Wildman–Crippen LogP) is 2.47.